The fourth-order valence-electron chi connectivity index (χ4n) is 3.58. The molecule has 0 atom stereocenters. The minimum absolute atomic E-state index is 0. The standard InChI is InChI=1S/C12H11Si.2C9H15Si.2ClH.Hf/c1-3-7-11(8-4-1)13-12-9-5-2-6-10-12;2*1-10(2,3)8-9-6-4-5-7-9;;;/h1-10,13H;2*4-7H,8H2,1-3H3;2*1H;/q;2*-1;;;+4/p-2. The molecule has 6 heteroatoms. The molecule has 0 nitrogen and oxygen atoms in total. The number of halogens is 2. The molecule has 191 valence electrons. The molecule has 36 heavy (non-hydrogen) atoms. The first-order chi connectivity index (χ1) is 15.6. The molecule has 4 rings (SSSR count). The summed E-state index contributed by atoms with van der Waals surface area (Å²) >= 11 is 0. The second-order valence-corrected chi connectivity index (χ2v) is 23.6. The molecule has 0 bridgehead atoms. The Kier molecular flexibility index (Phi) is 20.1. The fraction of sp³-hybridized carbons (Fsp3) is 0.267. The molecule has 0 aliphatic rings. The molecule has 0 heterocycles. The Labute approximate surface area is 256 Å². The van der Waals surface area contributed by atoms with Crippen molar-refractivity contribution in [3.05, 3.63) is 120 Å². The topological polar surface area (TPSA) is 0 Å². The Morgan fingerprint density at radius 1 is 0.500 bits per heavy atom. The second kappa shape index (κ2) is 19.3. The Bertz CT molecular complexity index is 906. The van der Waals surface area contributed by atoms with Gasteiger partial charge in [-0.25, -0.2) is 24.3 Å². The summed E-state index contributed by atoms with van der Waals surface area (Å²) in [5.41, 5.74) is 3.03. The maximum absolute atomic E-state index is 2.40. The van der Waals surface area contributed by atoms with Crippen molar-refractivity contribution in [2.24, 2.45) is 0 Å². The summed E-state index contributed by atoms with van der Waals surface area (Å²) in [5.74, 6) is 0. The van der Waals surface area contributed by atoms with Gasteiger partial charge in [-0.1, -0.05) is 122 Å². The van der Waals surface area contributed by atoms with Crippen molar-refractivity contribution in [1.82, 2.24) is 0 Å². The van der Waals surface area contributed by atoms with Gasteiger partial charge in [0.2, 0.25) is 0 Å². The summed E-state index contributed by atoms with van der Waals surface area (Å²) in [6.45, 7) is 14.4. The predicted octanol–water partition coefficient (Wildman–Crippen LogP) is 0.730. The molecule has 1 radical (unpaired) electrons. The molecular weight excluding hydrogens is 694 g/mol. The van der Waals surface area contributed by atoms with Gasteiger partial charge in [0.15, 0.2) is 0 Å². The Hall–Kier alpha value is -0.759. The van der Waals surface area contributed by atoms with E-state index in [1.807, 2.05) is 0 Å². The van der Waals surface area contributed by atoms with Gasteiger partial charge in [-0.15, -0.1) is 0 Å². The summed E-state index contributed by atoms with van der Waals surface area (Å²) in [7, 11) is -1.45. The third-order valence-electron chi connectivity index (χ3n) is 4.86. The van der Waals surface area contributed by atoms with E-state index in [0.29, 0.717) is 0 Å². The van der Waals surface area contributed by atoms with Crippen molar-refractivity contribution in [2.45, 2.75) is 51.4 Å². The van der Waals surface area contributed by atoms with E-state index in [2.05, 4.69) is 148 Å². The van der Waals surface area contributed by atoms with E-state index in [0.717, 1.165) is 0 Å². The van der Waals surface area contributed by atoms with Crippen LogP contribution in [0.3, 0.4) is 0 Å². The summed E-state index contributed by atoms with van der Waals surface area (Å²) in [6.07, 6.45) is 0. The molecule has 4 aromatic rings. The average Bonchev–Trinajstić information content (AvgIpc) is 3.42. The van der Waals surface area contributed by atoms with Crippen LogP contribution in [0.2, 0.25) is 39.3 Å². The van der Waals surface area contributed by atoms with Crippen LogP contribution in [0.25, 0.3) is 0 Å². The van der Waals surface area contributed by atoms with Crippen molar-refractivity contribution >= 4 is 36.0 Å². The van der Waals surface area contributed by atoms with Crippen molar-refractivity contribution < 1.29 is 50.7 Å². The van der Waals surface area contributed by atoms with Gasteiger partial charge < -0.3 is 24.8 Å². The van der Waals surface area contributed by atoms with Crippen molar-refractivity contribution in [3.63, 3.8) is 0 Å². The van der Waals surface area contributed by atoms with E-state index in [-0.39, 0.29) is 60.2 Å². The van der Waals surface area contributed by atoms with Gasteiger partial charge in [0.05, 0.1) is 0 Å². The van der Waals surface area contributed by atoms with Crippen LogP contribution in [0.5, 0.6) is 0 Å². The molecule has 0 spiro atoms. The molecule has 0 aliphatic carbocycles. The number of hydrogen-bond acceptors (Lipinski definition) is 0. The maximum atomic E-state index is 2.40. The Morgan fingerprint density at radius 2 is 0.778 bits per heavy atom. The van der Waals surface area contributed by atoms with Crippen LogP contribution in [-0.4, -0.2) is 25.7 Å². The largest absolute Gasteiger partial charge is 4.00 e. The summed E-state index contributed by atoms with van der Waals surface area (Å²) in [6, 6.07) is 41.3. The minimum atomic E-state index is -0.862. The van der Waals surface area contributed by atoms with Crippen LogP contribution in [0.4, 0.5) is 0 Å². The average molecular weight is 735 g/mol. The zero-order chi connectivity index (χ0) is 24.2. The molecule has 0 amide bonds. The molecule has 0 saturated heterocycles. The third-order valence-corrected chi connectivity index (χ3v) is 9.24. The van der Waals surface area contributed by atoms with Crippen LogP contribution in [0.1, 0.15) is 11.1 Å². The third kappa shape index (κ3) is 18.5. The van der Waals surface area contributed by atoms with E-state index in [1.165, 1.54) is 33.6 Å². The van der Waals surface area contributed by atoms with Crippen LogP contribution >= 0.6 is 0 Å². The molecule has 0 fully saturated rings. The van der Waals surface area contributed by atoms with Crippen LogP contribution < -0.4 is 35.2 Å². The molecule has 0 aromatic heterocycles. The SMILES string of the molecule is C[Si](C)(C)C[c-]1cccc1.C[Si](C)(C)C[c-]1cccc1.[Cl-].[Cl-].[Hf+4].c1ccc([SiH]c2ccccc2)cc1. The Balaban J connectivity index is 0. The van der Waals surface area contributed by atoms with Crippen molar-refractivity contribution in [1.29, 1.82) is 0 Å². The van der Waals surface area contributed by atoms with Gasteiger partial charge in [-0.3, -0.25) is 0 Å². The molecule has 4 aromatic carbocycles. The van der Waals surface area contributed by atoms with Gasteiger partial charge in [0, 0.05) is 16.1 Å². The summed E-state index contributed by atoms with van der Waals surface area (Å²) in [4.78, 5) is 0. The first-order valence-electron chi connectivity index (χ1n) is 12.0. The van der Waals surface area contributed by atoms with E-state index in [9.17, 15) is 0 Å². The monoisotopic (exact) mass is 735 g/mol. The molecule has 0 unspecified atom stereocenters. The number of benzene rings is 2. The van der Waals surface area contributed by atoms with Gasteiger partial charge in [0.1, 0.15) is 9.52 Å². The van der Waals surface area contributed by atoms with Gasteiger partial charge in [-0.05, 0) is 0 Å². The zero-order valence-electron chi connectivity index (χ0n) is 22.6. The second-order valence-electron chi connectivity index (χ2n) is 11.0. The van der Waals surface area contributed by atoms with Crippen molar-refractivity contribution in [2.75, 3.05) is 0 Å². The summed E-state index contributed by atoms with van der Waals surface area (Å²) < 4.78 is 0. The smallest absolute Gasteiger partial charge is 1.00 e. The first kappa shape index (κ1) is 37.4. The maximum Gasteiger partial charge on any atom is 4.00 e. The predicted molar refractivity (Wildman–Crippen MR) is 157 cm³/mol. The van der Waals surface area contributed by atoms with Gasteiger partial charge >= 0.3 is 25.8 Å². The molecule has 0 N–H and O–H groups in total. The zero-order valence-corrected chi connectivity index (χ0v) is 30.9. The van der Waals surface area contributed by atoms with E-state index in [1.54, 1.807) is 0 Å². The fourth-order valence-corrected chi connectivity index (χ4v) is 7.71. The molecule has 0 saturated carbocycles. The Morgan fingerprint density at radius 3 is 1.03 bits per heavy atom. The normalized spacial score (nSPS) is 10.2. The van der Waals surface area contributed by atoms with Crippen LogP contribution in [0, 0.1) is 0 Å². The van der Waals surface area contributed by atoms with Crippen molar-refractivity contribution in [3.8, 4) is 0 Å². The van der Waals surface area contributed by atoms with E-state index >= 15 is 0 Å². The molecular formula is C30H41Cl2HfSi3. The first-order valence-corrected chi connectivity index (χ1v) is 20.5. The van der Waals surface area contributed by atoms with E-state index in [4.69, 9.17) is 0 Å². The van der Waals surface area contributed by atoms with Crippen LogP contribution in [0.15, 0.2) is 109 Å². The van der Waals surface area contributed by atoms with E-state index < -0.39 is 16.1 Å². The number of rotatable bonds is 6. The minimum Gasteiger partial charge on any atom is -1.00 e. The molecule has 0 aliphatic heterocycles. The van der Waals surface area contributed by atoms with Gasteiger partial charge in [0.25, 0.3) is 0 Å². The quantitative estimate of drug-likeness (QED) is 0.203. The number of hydrogen-bond donors (Lipinski definition) is 0. The summed E-state index contributed by atoms with van der Waals surface area (Å²) in [5, 5.41) is 2.90. The van der Waals surface area contributed by atoms with Gasteiger partial charge in [-0.2, -0.15) is 35.4 Å². The van der Waals surface area contributed by atoms with Crippen LogP contribution in [-0.2, 0) is 37.9 Å².